The minimum Gasteiger partial charge on any atom is -0.394 e. The largest absolute Gasteiger partial charge is 0.394 e. The molecule has 8 heteroatoms. The van der Waals surface area contributed by atoms with Crippen LogP contribution in [0.1, 0.15) is 17.6 Å². The van der Waals surface area contributed by atoms with Gasteiger partial charge in [0.15, 0.2) is 0 Å². The Morgan fingerprint density at radius 2 is 1.62 bits per heavy atom. The molecule has 8 nitrogen and oxygen atoms in total. The van der Waals surface area contributed by atoms with Crippen molar-refractivity contribution in [3.63, 3.8) is 0 Å². The number of aromatic nitrogens is 2. The van der Waals surface area contributed by atoms with Crippen LogP contribution < -0.4 is 0 Å². The summed E-state index contributed by atoms with van der Waals surface area (Å²) < 4.78 is 10.7. The van der Waals surface area contributed by atoms with E-state index in [9.17, 15) is 20.4 Å². The third kappa shape index (κ3) is 3.81. The van der Waals surface area contributed by atoms with E-state index in [4.69, 9.17) is 9.26 Å². The highest BCUT2D eigenvalue weighted by Gasteiger charge is 2.43. The Bertz CT molecular complexity index is 971. The fourth-order valence-corrected chi connectivity index (χ4v) is 3.50. The predicted molar refractivity (Wildman–Crippen MR) is 103 cm³/mol. The fourth-order valence-electron chi connectivity index (χ4n) is 3.50. The number of aliphatic hydroxyl groups excluding tert-OH is 4. The van der Waals surface area contributed by atoms with Crippen LogP contribution in [0.5, 0.6) is 0 Å². The van der Waals surface area contributed by atoms with Gasteiger partial charge in [-0.2, -0.15) is 4.98 Å². The predicted octanol–water partition coefficient (Wildman–Crippen LogP) is 1.23. The van der Waals surface area contributed by atoms with Crippen LogP contribution in [0.2, 0.25) is 0 Å². The summed E-state index contributed by atoms with van der Waals surface area (Å²) in [6.07, 6.45) is -5.92. The van der Waals surface area contributed by atoms with E-state index in [2.05, 4.69) is 10.1 Å². The van der Waals surface area contributed by atoms with E-state index in [0.717, 1.165) is 16.7 Å². The second-order valence-electron chi connectivity index (χ2n) is 7.09. The Hall–Kier alpha value is -2.62. The first kappa shape index (κ1) is 19.7. The van der Waals surface area contributed by atoms with Gasteiger partial charge in [-0.25, -0.2) is 0 Å². The summed E-state index contributed by atoms with van der Waals surface area (Å²) in [4.78, 5) is 4.21. The van der Waals surface area contributed by atoms with E-state index < -0.39 is 37.1 Å². The summed E-state index contributed by atoms with van der Waals surface area (Å²) in [5, 5.41) is 43.7. The van der Waals surface area contributed by atoms with Crippen molar-refractivity contribution in [1.29, 1.82) is 0 Å². The van der Waals surface area contributed by atoms with Crippen molar-refractivity contribution in [2.75, 3.05) is 6.61 Å². The van der Waals surface area contributed by atoms with Crippen LogP contribution >= 0.6 is 0 Å². The molecule has 4 rings (SSSR count). The first-order chi connectivity index (χ1) is 14.0. The Morgan fingerprint density at radius 3 is 2.28 bits per heavy atom. The molecule has 1 aliphatic heterocycles. The van der Waals surface area contributed by atoms with Gasteiger partial charge in [0, 0.05) is 12.5 Å². The zero-order valence-electron chi connectivity index (χ0n) is 15.7. The van der Waals surface area contributed by atoms with Crippen LogP contribution in [0.15, 0.2) is 53.1 Å². The van der Waals surface area contributed by atoms with Gasteiger partial charge in [0.2, 0.25) is 11.7 Å². The molecular formula is C21H22N2O6. The number of benzene rings is 2. The Morgan fingerprint density at radius 1 is 0.897 bits per heavy atom. The molecule has 4 N–H and O–H groups in total. The molecule has 1 fully saturated rings. The van der Waals surface area contributed by atoms with Crippen molar-refractivity contribution in [3.05, 3.63) is 60.0 Å². The molecule has 5 atom stereocenters. The Labute approximate surface area is 167 Å². The van der Waals surface area contributed by atoms with Crippen molar-refractivity contribution >= 4 is 0 Å². The smallest absolute Gasteiger partial charge is 0.223 e. The minimum atomic E-state index is -1.41. The van der Waals surface area contributed by atoms with E-state index in [1.54, 1.807) is 13.0 Å². The van der Waals surface area contributed by atoms with Gasteiger partial charge in [0.25, 0.3) is 0 Å². The van der Waals surface area contributed by atoms with E-state index in [1.807, 2.05) is 42.5 Å². The molecule has 2 heterocycles. The Kier molecular flexibility index (Phi) is 5.44. The molecule has 152 valence electrons. The number of hydrogen-bond acceptors (Lipinski definition) is 8. The zero-order chi connectivity index (χ0) is 20.5. The lowest BCUT2D eigenvalue weighted by Gasteiger charge is -2.40. The van der Waals surface area contributed by atoms with Gasteiger partial charge in [-0.05, 0) is 22.8 Å². The van der Waals surface area contributed by atoms with Crippen LogP contribution in [-0.2, 0) is 4.74 Å². The molecular weight excluding hydrogens is 376 g/mol. The van der Waals surface area contributed by atoms with Gasteiger partial charge in [-0.15, -0.1) is 0 Å². The van der Waals surface area contributed by atoms with Gasteiger partial charge >= 0.3 is 0 Å². The van der Waals surface area contributed by atoms with Crippen LogP contribution in [0.3, 0.4) is 0 Å². The molecule has 1 saturated heterocycles. The first-order valence-corrected chi connectivity index (χ1v) is 9.29. The normalized spacial score (nSPS) is 27.1. The number of nitrogens with zero attached hydrogens (tertiary/aromatic N) is 2. The zero-order valence-corrected chi connectivity index (χ0v) is 15.7. The van der Waals surface area contributed by atoms with E-state index in [-0.39, 0.29) is 0 Å². The van der Waals surface area contributed by atoms with Crippen LogP contribution in [-0.4, -0.2) is 61.6 Å². The van der Waals surface area contributed by atoms with Gasteiger partial charge in [0.05, 0.1) is 6.61 Å². The number of ether oxygens (including phenoxy) is 1. The number of aryl methyl sites for hydroxylation is 1. The second-order valence-corrected chi connectivity index (χ2v) is 7.09. The fraction of sp³-hybridized carbons (Fsp3) is 0.333. The molecule has 0 radical (unpaired) electrons. The molecule has 29 heavy (non-hydrogen) atoms. The average Bonchev–Trinajstić information content (AvgIpc) is 3.19. The van der Waals surface area contributed by atoms with Crippen molar-refractivity contribution < 1.29 is 29.7 Å². The van der Waals surface area contributed by atoms with E-state index >= 15 is 0 Å². The van der Waals surface area contributed by atoms with Crippen molar-refractivity contribution in [2.45, 2.75) is 37.4 Å². The maximum Gasteiger partial charge on any atom is 0.223 e. The number of aliphatic hydroxyl groups is 4. The van der Waals surface area contributed by atoms with Crippen LogP contribution in [0.25, 0.3) is 22.5 Å². The van der Waals surface area contributed by atoms with Gasteiger partial charge in [0.1, 0.15) is 30.5 Å². The van der Waals surface area contributed by atoms with Crippen LogP contribution in [0, 0.1) is 6.92 Å². The van der Waals surface area contributed by atoms with Crippen molar-refractivity contribution in [2.24, 2.45) is 0 Å². The topological polar surface area (TPSA) is 129 Å². The minimum absolute atomic E-state index is 0.460. The SMILES string of the molecule is Cc1nc(-c2ccc(-c3cccc([C@H]4O[C@H](CO)[C@@H](O)[C@H](O)[C@@H]4O)c3)cc2)no1. The highest BCUT2D eigenvalue weighted by Crippen LogP contribution is 2.34. The van der Waals surface area contributed by atoms with Crippen molar-refractivity contribution in [3.8, 4) is 22.5 Å². The molecule has 0 aliphatic carbocycles. The van der Waals surface area contributed by atoms with Gasteiger partial charge < -0.3 is 29.7 Å². The summed E-state index contributed by atoms with van der Waals surface area (Å²) in [5.41, 5.74) is 3.28. The lowest BCUT2D eigenvalue weighted by Crippen LogP contribution is -2.55. The summed E-state index contributed by atoms with van der Waals surface area (Å²) in [6.45, 7) is 1.27. The molecule has 0 bridgehead atoms. The highest BCUT2D eigenvalue weighted by atomic mass is 16.5. The average molecular weight is 398 g/mol. The second kappa shape index (κ2) is 8.02. The lowest BCUT2D eigenvalue weighted by molar-refractivity contribution is -0.231. The number of hydrogen-bond donors (Lipinski definition) is 4. The Balaban J connectivity index is 1.60. The summed E-state index contributed by atoms with van der Waals surface area (Å²) >= 11 is 0. The molecule has 2 aromatic carbocycles. The summed E-state index contributed by atoms with van der Waals surface area (Å²) in [5.74, 6) is 1.01. The molecule has 0 amide bonds. The summed E-state index contributed by atoms with van der Waals surface area (Å²) in [7, 11) is 0. The van der Waals surface area contributed by atoms with Gasteiger partial charge in [-0.3, -0.25) is 0 Å². The first-order valence-electron chi connectivity index (χ1n) is 9.29. The number of rotatable bonds is 4. The lowest BCUT2D eigenvalue weighted by atomic mass is 9.90. The molecule has 0 saturated carbocycles. The van der Waals surface area contributed by atoms with E-state index in [0.29, 0.717) is 17.3 Å². The molecule has 0 unspecified atom stereocenters. The van der Waals surface area contributed by atoms with Crippen LogP contribution in [0.4, 0.5) is 0 Å². The monoisotopic (exact) mass is 398 g/mol. The standard InChI is InChI=1S/C21H22N2O6/c1-11-22-21(23-29-11)13-7-5-12(6-8-13)14-3-2-4-15(9-14)20-19(27)18(26)17(25)16(10-24)28-20/h2-9,16-20,24-27H,10H2,1H3/t16-,17-,18+,19+,20-/m1/s1. The maximum absolute atomic E-state index is 10.4. The third-order valence-corrected chi connectivity index (χ3v) is 5.11. The van der Waals surface area contributed by atoms with Crippen molar-refractivity contribution in [1.82, 2.24) is 10.1 Å². The van der Waals surface area contributed by atoms with E-state index in [1.165, 1.54) is 0 Å². The molecule has 1 aromatic heterocycles. The maximum atomic E-state index is 10.4. The third-order valence-electron chi connectivity index (χ3n) is 5.11. The molecule has 3 aromatic rings. The highest BCUT2D eigenvalue weighted by molar-refractivity contribution is 5.68. The molecule has 1 aliphatic rings. The summed E-state index contributed by atoms with van der Waals surface area (Å²) in [6, 6.07) is 15.0. The van der Waals surface area contributed by atoms with Gasteiger partial charge in [-0.1, -0.05) is 47.6 Å². The quantitative estimate of drug-likeness (QED) is 0.516. The molecule has 0 spiro atoms.